The van der Waals surface area contributed by atoms with Crippen LogP contribution in [-0.4, -0.2) is 53.0 Å². The monoisotopic (exact) mass is 470 g/mol. The molecule has 2 aliphatic rings. The summed E-state index contributed by atoms with van der Waals surface area (Å²) in [6.07, 6.45) is 3.11. The molecule has 2 aliphatic heterocycles. The van der Waals surface area contributed by atoms with Crippen LogP contribution in [0.3, 0.4) is 0 Å². The molecule has 7 heteroatoms. The van der Waals surface area contributed by atoms with Crippen molar-refractivity contribution in [1.82, 2.24) is 7.78 Å². The van der Waals surface area contributed by atoms with E-state index >= 15 is 4.32 Å². The molecule has 0 atom stereocenters. The molecule has 1 aromatic carbocycles. The minimum atomic E-state index is -2.97. The summed E-state index contributed by atoms with van der Waals surface area (Å²) in [7, 11) is -1.24. The summed E-state index contributed by atoms with van der Waals surface area (Å²) < 4.78 is 30.5. The molecule has 0 amide bonds. The fraction of sp³-hybridized carbons (Fsp3) is 0.684. The molecule has 0 N–H and O–H groups in total. The number of fused-ring (bicyclic) bond motifs is 1. The molecule has 4 nitrogen and oxygen atoms in total. The van der Waals surface area contributed by atoms with Crippen LogP contribution in [-0.2, 0) is 0 Å². The van der Waals surface area contributed by atoms with Gasteiger partial charge in [-0.15, -0.1) is 0 Å². The van der Waals surface area contributed by atoms with Gasteiger partial charge in [0.25, 0.3) is 0 Å². The SMILES string of the molecule is CC(C)(C)[N](B(F)N1C(C)(C)CCCC1(C)C)[Sb]1[O]c2ccccc2[O]1. The molecule has 0 aromatic heterocycles. The molecule has 2 heterocycles. The van der Waals surface area contributed by atoms with Gasteiger partial charge in [-0.05, 0) is 0 Å². The molecular formula is C19H31BFN2O2Sb. The van der Waals surface area contributed by atoms with Crippen molar-refractivity contribution in [2.45, 2.75) is 84.3 Å². The molecule has 0 spiro atoms. The van der Waals surface area contributed by atoms with Crippen molar-refractivity contribution in [1.29, 1.82) is 0 Å². The maximum absolute atomic E-state index is 16.3. The molecule has 0 saturated carbocycles. The predicted molar refractivity (Wildman–Crippen MR) is 106 cm³/mol. The van der Waals surface area contributed by atoms with E-state index in [1.807, 2.05) is 48.0 Å². The van der Waals surface area contributed by atoms with Gasteiger partial charge in [-0.1, -0.05) is 0 Å². The number of rotatable bonds is 3. The third kappa shape index (κ3) is 3.75. The van der Waals surface area contributed by atoms with Crippen LogP contribution >= 0.6 is 0 Å². The predicted octanol–water partition coefficient (Wildman–Crippen LogP) is 4.54. The van der Waals surface area contributed by atoms with E-state index in [2.05, 4.69) is 32.5 Å². The van der Waals surface area contributed by atoms with E-state index in [1.54, 1.807) is 0 Å². The minimum absolute atomic E-state index is 0.211. The second kappa shape index (κ2) is 6.86. The second-order valence-corrected chi connectivity index (χ2v) is 13.2. The van der Waals surface area contributed by atoms with Crippen molar-refractivity contribution in [3.05, 3.63) is 24.3 Å². The van der Waals surface area contributed by atoms with E-state index in [0.717, 1.165) is 30.8 Å². The third-order valence-corrected chi connectivity index (χ3v) is 10.6. The summed E-state index contributed by atoms with van der Waals surface area (Å²) in [6.45, 7) is 14.7. The summed E-state index contributed by atoms with van der Waals surface area (Å²) in [6, 6.07) is 7.67. The number of hydrogen-bond donors (Lipinski definition) is 0. The standard InChI is InChI=1S/C13H27BFN2.C6H6O2.Sb/c1-11(2,3)16-14(15)17-12(4,5)9-8-10-13(17,6)7;7-5-3-1-2-4-6(5)8;/h8-10H2,1-7H3;1-4,7-8H;/q-1;;+3/p-2. The van der Waals surface area contributed by atoms with Gasteiger partial charge in [0.2, 0.25) is 0 Å². The number of nitrogens with zero attached hydrogens (tertiary/aromatic N) is 2. The van der Waals surface area contributed by atoms with Gasteiger partial charge in [-0.2, -0.15) is 0 Å². The fourth-order valence-electron chi connectivity index (χ4n) is 4.22. The first kappa shape index (κ1) is 20.3. The molecular weight excluding hydrogens is 440 g/mol. The molecule has 1 saturated heterocycles. The number of para-hydroxylation sites is 2. The van der Waals surface area contributed by atoms with E-state index in [0.29, 0.717) is 0 Å². The normalized spacial score (nSPS) is 22.7. The van der Waals surface area contributed by atoms with E-state index in [1.165, 1.54) is 0 Å². The number of halogens is 1. The Morgan fingerprint density at radius 3 is 1.92 bits per heavy atom. The van der Waals surface area contributed by atoms with E-state index < -0.39 is 34.1 Å². The Kier molecular flexibility index (Phi) is 5.36. The molecule has 0 aliphatic carbocycles. The Bertz CT molecular complexity index is 624. The summed E-state index contributed by atoms with van der Waals surface area (Å²) in [5.74, 6) is 1.49. The van der Waals surface area contributed by atoms with Gasteiger partial charge in [-0.25, -0.2) is 0 Å². The topological polar surface area (TPSA) is 24.9 Å². The molecule has 1 fully saturated rings. The first-order valence-electron chi connectivity index (χ1n) is 9.41. The zero-order valence-corrected chi connectivity index (χ0v) is 19.6. The summed E-state index contributed by atoms with van der Waals surface area (Å²) in [4.78, 5) is 2.05. The average molecular weight is 471 g/mol. The van der Waals surface area contributed by atoms with Crippen LogP contribution in [0.1, 0.15) is 67.7 Å². The molecule has 1 aromatic rings. The van der Waals surface area contributed by atoms with E-state index in [-0.39, 0.29) is 11.1 Å². The van der Waals surface area contributed by atoms with Crippen LogP contribution in [0.15, 0.2) is 24.3 Å². The van der Waals surface area contributed by atoms with Crippen LogP contribution in [0.4, 0.5) is 4.32 Å². The zero-order chi connectivity index (χ0) is 19.3. The van der Waals surface area contributed by atoms with E-state index in [4.69, 9.17) is 6.03 Å². The van der Waals surface area contributed by atoms with Crippen LogP contribution in [0.5, 0.6) is 11.5 Å². The van der Waals surface area contributed by atoms with Crippen molar-refractivity contribution in [3.8, 4) is 11.5 Å². The number of hydrogen-bond acceptors (Lipinski definition) is 4. The summed E-state index contributed by atoms with van der Waals surface area (Å²) in [5.41, 5.74) is -0.816. The molecule has 26 heavy (non-hydrogen) atoms. The molecule has 0 radical (unpaired) electrons. The Hall–Kier alpha value is -0.447. The average Bonchev–Trinajstić information content (AvgIpc) is 2.86. The Balaban J connectivity index is 1.94. The van der Waals surface area contributed by atoms with Crippen molar-refractivity contribution in [3.63, 3.8) is 0 Å². The quantitative estimate of drug-likeness (QED) is 0.605. The Morgan fingerprint density at radius 1 is 1.04 bits per heavy atom. The van der Waals surface area contributed by atoms with Gasteiger partial charge >= 0.3 is 167 Å². The van der Waals surface area contributed by atoms with Gasteiger partial charge in [0.1, 0.15) is 0 Å². The zero-order valence-electron chi connectivity index (χ0n) is 17.0. The van der Waals surface area contributed by atoms with Gasteiger partial charge in [0, 0.05) is 0 Å². The van der Waals surface area contributed by atoms with Gasteiger partial charge < -0.3 is 0 Å². The van der Waals surface area contributed by atoms with Crippen LogP contribution in [0.25, 0.3) is 0 Å². The molecule has 0 bridgehead atoms. The van der Waals surface area contributed by atoms with Crippen LogP contribution in [0, 0.1) is 0 Å². The summed E-state index contributed by atoms with van der Waals surface area (Å²) in [5, 5.41) is 0. The Morgan fingerprint density at radius 2 is 1.50 bits per heavy atom. The number of piperidine rings is 1. The molecule has 3 rings (SSSR count). The van der Waals surface area contributed by atoms with Crippen molar-refractivity contribution >= 4 is 28.6 Å². The second-order valence-electron chi connectivity index (χ2n) is 9.54. The van der Waals surface area contributed by atoms with Crippen molar-refractivity contribution < 1.29 is 10.3 Å². The molecule has 0 unspecified atom stereocenters. The van der Waals surface area contributed by atoms with E-state index in [9.17, 15) is 0 Å². The first-order chi connectivity index (χ1) is 11.9. The van der Waals surface area contributed by atoms with Crippen LogP contribution in [0.2, 0.25) is 0 Å². The maximum atomic E-state index is 16.3. The van der Waals surface area contributed by atoms with Gasteiger partial charge in [0.05, 0.1) is 0 Å². The first-order valence-corrected chi connectivity index (χ1v) is 12.6. The van der Waals surface area contributed by atoms with Crippen LogP contribution < -0.4 is 6.03 Å². The van der Waals surface area contributed by atoms with Crippen molar-refractivity contribution in [2.75, 3.05) is 0 Å². The third-order valence-electron chi connectivity index (χ3n) is 5.36. The number of benzene rings is 1. The van der Waals surface area contributed by atoms with Gasteiger partial charge in [0.15, 0.2) is 0 Å². The summed E-state index contributed by atoms with van der Waals surface area (Å²) >= 11 is -2.97. The Labute approximate surface area is 166 Å². The molecule has 144 valence electrons. The van der Waals surface area contributed by atoms with Gasteiger partial charge in [-0.3, -0.25) is 0 Å². The van der Waals surface area contributed by atoms with Crippen molar-refractivity contribution in [2.24, 2.45) is 0 Å². The fourth-order valence-corrected chi connectivity index (χ4v) is 8.79.